The third-order valence-electron chi connectivity index (χ3n) is 3.61. The van der Waals surface area contributed by atoms with E-state index in [9.17, 15) is 8.42 Å². The molecule has 1 aliphatic heterocycles. The molecule has 0 amide bonds. The molecule has 0 atom stereocenters. The van der Waals surface area contributed by atoms with Crippen LogP contribution in [0.1, 0.15) is 22.6 Å². The number of thiophene rings is 1. The Balaban J connectivity index is 2.04. The smallest absolute Gasteiger partial charge is 0.243 e. The highest BCUT2D eigenvalue weighted by molar-refractivity contribution is 7.89. The maximum atomic E-state index is 12.5. The van der Waals surface area contributed by atoms with E-state index in [1.54, 1.807) is 24.5 Å². The second-order valence-corrected chi connectivity index (χ2v) is 8.63. The lowest BCUT2D eigenvalue weighted by Crippen LogP contribution is -2.35. The normalized spacial score (nSPS) is 17.5. The van der Waals surface area contributed by atoms with E-state index in [1.807, 2.05) is 13.8 Å². The van der Waals surface area contributed by atoms with Crippen molar-refractivity contribution >= 4 is 21.4 Å². The number of sulfonamides is 1. The van der Waals surface area contributed by atoms with Crippen molar-refractivity contribution in [2.75, 3.05) is 33.2 Å². The van der Waals surface area contributed by atoms with Gasteiger partial charge in [0, 0.05) is 29.9 Å². The first-order valence-electron chi connectivity index (χ1n) is 6.67. The Morgan fingerprint density at radius 3 is 2.47 bits per heavy atom. The molecular weight excluding hydrogens is 280 g/mol. The minimum absolute atomic E-state index is 0.471. The monoisotopic (exact) mass is 302 g/mol. The Hall–Kier alpha value is -0.430. The van der Waals surface area contributed by atoms with Gasteiger partial charge in [-0.25, -0.2) is 8.42 Å². The molecule has 1 saturated heterocycles. The Labute approximate surface area is 120 Å². The summed E-state index contributed by atoms with van der Waals surface area (Å²) in [5, 5.41) is 0. The highest BCUT2D eigenvalue weighted by Crippen LogP contribution is 2.27. The van der Waals surface area contributed by atoms with E-state index in [-0.39, 0.29) is 0 Å². The molecule has 108 valence electrons. The van der Waals surface area contributed by atoms with Gasteiger partial charge in [-0.1, -0.05) is 0 Å². The molecular formula is C13H22N2O2S2. The molecule has 1 aromatic heterocycles. The number of hydrogen-bond acceptors (Lipinski definition) is 4. The van der Waals surface area contributed by atoms with Gasteiger partial charge in [-0.3, -0.25) is 0 Å². The van der Waals surface area contributed by atoms with Crippen molar-refractivity contribution in [3.05, 3.63) is 15.8 Å². The third kappa shape index (κ3) is 3.37. The number of likely N-dealkylation sites (tertiary alicyclic amines) is 1. The van der Waals surface area contributed by atoms with Crippen LogP contribution in [0.4, 0.5) is 0 Å². The maximum Gasteiger partial charge on any atom is 0.243 e. The molecule has 0 N–H and O–H groups in total. The molecule has 4 nitrogen and oxygen atoms in total. The SMILES string of the molecule is Cc1cc(S(=O)(=O)N(C)CCN2CCCC2)c(C)s1. The second-order valence-electron chi connectivity index (χ2n) is 5.15. The zero-order valence-electron chi connectivity index (χ0n) is 11.8. The average Bonchev–Trinajstić information content (AvgIpc) is 2.95. The minimum atomic E-state index is -3.32. The number of aryl methyl sites for hydroxylation is 2. The van der Waals surface area contributed by atoms with Gasteiger partial charge in [0.05, 0.1) is 4.90 Å². The Kier molecular flexibility index (Phi) is 4.66. The molecule has 0 spiro atoms. The summed E-state index contributed by atoms with van der Waals surface area (Å²) in [6, 6.07) is 1.78. The van der Waals surface area contributed by atoms with Crippen LogP contribution in [-0.2, 0) is 10.0 Å². The van der Waals surface area contributed by atoms with E-state index < -0.39 is 10.0 Å². The molecule has 1 fully saturated rings. The fourth-order valence-electron chi connectivity index (χ4n) is 2.44. The molecule has 0 aromatic carbocycles. The largest absolute Gasteiger partial charge is 0.302 e. The summed E-state index contributed by atoms with van der Waals surface area (Å²) in [5.41, 5.74) is 0. The van der Waals surface area contributed by atoms with E-state index in [0.29, 0.717) is 11.4 Å². The van der Waals surface area contributed by atoms with Gasteiger partial charge < -0.3 is 4.90 Å². The van der Waals surface area contributed by atoms with Crippen LogP contribution in [0.2, 0.25) is 0 Å². The van der Waals surface area contributed by atoms with Gasteiger partial charge >= 0.3 is 0 Å². The Bertz CT molecular complexity index is 531. The van der Waals surface area contributed by atoms with Crippen LogP contribution < -0.4 is 0 Å². The van der Waals surface area contributed by atoms with Gasteiger partial charge in [0.1, 0.15) is 0 Å². The molecule has 0 aliphatic carbocycles. The van der Waals surface area contributed by atoms with Crippen LogP contribution in [0.5, 0.6) is 0 Å². The molecule has 1 aliphatic rings. The number of likely N-dealkylation sites (N-methyl/N-ethyl adjacent to an activating group) is 1. The van der Waals surface area contributed by atoms with Gasteiger partial charge in [-0.2, -0.15) is 4.31 Å². The van der Waals surface area contributed by atoms with Crippen LogP contribution in [-0.4, -0.2) is 50.8 Å². The molecule has 0 bridgehead atoms. The summed E-state index contributed by atoms with van der Waals surface area (Å²) in [5.74, 6) is 0. The van der Waals surface area contributed by atoms with Gasteiger partial charge in [0.15, 0.2) is 0 Å². The van der Waals surface area contributed by atoms with E-state index in [1.165, 1.54) is 17.1 Å². The minimum Gasteiger partial charge on any atom is -0.302 e. The van der Waals surface area contributed by atoms with Crippen molar-refractivity contribution in [2.24, 2.45) is 0 Å². The van der Waals surface area contributed by atoms with Crippen molar-refractivity contribution in [2.45, 2.75) is 31.6 Å². The lowest BCUT2D eigenvalue weighted by molar-refractivity contribution is 0.310. The van der Waals surface area contributed by atoms with E-state index in [4.69, 9.17) is 0 Å². The molecule has 0 saturated carbocycles. The highest BCUT2D eigenvalue weighted by atomic mass is 32.2. The number of hydrogen-bond donors (Lipinski definition) is 0. The van der Waals surface area contributed by atoms with Crippen LogP contribution in [0, 0.1) is 13.8 Å². The zero-order chi connectivity index (χ0) is 14.0. The Morgan fingerprint density at radius 2 is 1.95 bits per heavy atom. The van der Waals surface area contributed by atoms with Crippen LogP contribution in [0.25, 0.3) is 0 Å². The van der Waals surface area contributed by atoms with Crippen molar-refractivity contribution in [3.8, 4) is 0 Å². The van der Waals surface area contributed by atoms with Crippen molar-refractivity contribution in [1.29, 1.82) is 0 Å². The molecule has 0 unspecified atom stereocenters. The maximum absolute atomic E-state index is 12.5. The van der Waals surface area contributed by atoms with Crippen LogP contribution >= 0.6 is 11.3 Å². The van der Waals surface area contributed by atoms with Crippen molar-refractivity contribution in [1.82, 2.24) is 9.21 Å². The zero-order valence-corrected chi connectivity index (χ0v) is 13.5. The van der Waals surface area contributed by atoms with Gasteiger partial charge in [-0.05, 0) is 45.8 Å². The first kappa shape index (κ1) is 15.0. The summed E-state index contributed by atoms with van der Waals surface area (Å²) >= 11 is 1.54. The average molecular weight is 302 g/mol. The summed E-state index contributed by atoms with van der Waals surface area (Å²) in [4.78, 5) is 4.73. The topological polar surface area (TPSA) is 40.6 Å². The van der Waals surface area contributed by atoms with E-state index in [0.717, 1.165) is 29.4 Å². The fraction of sp³-hybridized carbons (Fsp3) is 0.692. The quantitative estimate of drug-likeness (QED) is 0.836. The van der Waals surface area contributed by atoms with Crippen molar-refractivity contribution < 1.29 is 8.42 Å². The first-order valence-corrected chi connectivity index (χ1v) is 8.92. The third-order valence-corrected chi connectivity index (χ3v) is 6.69. The van der Waals surface area contributed by atoms with E-state index >= 15 is 0 Å². The Morgan fingerprint density at radius 1 is 1.32 bits per heavy atom. The lowest BCUT2D eigenvalue weighted by atomic mass is 10.4. The molecule has 0 radical (unpaired) electrons. The molecule has 1 aromatic rings. The summed E-state index contributed by atoms with van der Waals surface area (Å²) in [7, 11) is -1.65. The van der Waals surface area contributed by atoms with E-state index in [2.05, 4.69) is 4.90 Å². The van der Waals surface area contributed by atoms with Crippen molar-refractivity contribution in [3.63, 3.8) is 0 Å². The second kappa shape index (κ2) is 5.91. The van der Waals surface area contributed by atoms with Gasteiger partial charge in [-0.15, -0.1) is 11.3 Å². The highest BCUT2D eigenvalue weighted by Gasteiger charge is 2.25. The summed E-state index contributed by atoms with van der Waals surface area (Å²) in [6.45, 7) is 7.42. The summed E-state index contributed by atoms with van der Waals surface area (Å²) < 4.78 is 26.5. The lowest BCUT2D eigenvalue weighted by Gasteiger charge is -2.21. The summed E-state index contributed by atoms with van der Waals surface area (Å²) in [6.07, 6.45) is 2.47. The van der Waals surface area contributed by atoms with Crippen LogP contribution in [0.3, 0.4) is 0 Å². The predicted octanol–water partition coefficient (Wildman–Crippen LogP) is 2.08. The molecule has 19 heavy (non-hydrogen) atoms. The number of nitrogens with zero attached hydrogens (tertiary/aromatic N) is 2. The molecule has 6 heteroatoms. The number of rotatable bonds is 5. The predicted molar refractivity (Wildman–Crippen MR) is 79.3 cm³/mol. The standard InChI is InChI=1S/C13H22N2O2S2/c1-11-10-13(12(2)18-11)19(16,17)14(3)8-9-15-6-4-5-7-15/h10H,4-9H2,1-3H3. The van der Waals surface area contributed by atoms with Crippen LogP contribution in [0.15, 0.2) is 11.0 Å². The first-order chi connectivity index (χ1) is 8.91. The fourth-order valence-corrected chi connectivity index (χ4v) is 5.12. The molecule has 2 heterocycles. The molecule has 2 rings (SSSR count). The van der Waals surface area contributed by atoms with Gasteiger partial charge in [0.2, 0.25) is 10.0 Å². The van der Waals surface area contributed by atoms with Gasteiger partial charge in [0.25, 0.3) is 0 Å².